The van der Waals surface area contributed by atoms with E-state index in [-0.39, 0.29) is 23.1 Å². The van der Waals surface area contributed by atoms with E-state index in [0.717, 1.165) is 0 Å². The molecule has 0 bridgehead atoms. The van der Waals surface area contributed by atoms with Crippen molar-refractivity contribution in [3.63, 3.8) is 0 Å². The summed E-state index contributed by atoms with van der Waals surface area (Å²) >= 11 is 1.22. The van der Waals surface area contributed by atoms with Crippen LogP contribution in [0.4, 0.5) is 11.9 Å². The molecule has 4 N–H and O–H groups in total. The van der Waals surface area contributed by atoms with Gasteiger partial charge in [-0.05, 0) is 6.92 Å². The fourth-order valence-electron chi connectivity index (χ4n) is 1.69. The van der Waals surface area contributed by atoms with Gasteiger partial charge in [-0.25, -0.2) is 0 Å². The van der Waals surface area contributed by atoms with Crippen molar-refractivity contribution in [2.75, 3.05) is 37.8 Å². The summed E-state index contributed by atoms with van der Waals surface area (Å²) in [5.41, 5.74) is 11.0. The number of rotatable bonds is 3. The van der Waals surface area contributed by atoms with E-state index >= 15 is 0 Å². The van der Waals surface area contributed by atoms with Crippen LogP contribution in [0.25, 0.3) is 0 Å². The number of nitrogens with two attached hydrogens (primary N) is 2. The van der Waals surface area contributed by atoms with Gasteiger partial charge in [0.2, 0.25) is 17.8 Å². The average molecular weight is 284 g/mol. The number of carbonyl (C=O) groups is 1. The molecule has 104 valence electrons. The van der Waals surface area contributed by atoms with Gasteiger partial charge in [0.25, 0.3) is 0 Å². The normalized spacial score (nSPS) is 17.2. The molecule has 0 aliphatic carbocycles. The Hall–Kier alpha value is -1.61. The van der Waals surface area contributed by atoms with E-state index in [1.165, 1.54) is 11.8 Å². The number of hydrogen-bond acceptors (Lipinski definition) is 8. The van der Waals surface area contributed by atoms with Gasteiger partial charge in [-0.2, -0.15) is 15.0 Å². The first-order valence-corrected chi connectivity index (χ1v) is 6.74. The Bertz CT molecular complexity index is 445. The first kappa shape index (κ1) is 13.8. The number of hydrogen-bond donors (Lipinski definition) is 2. The topological polar surface area (TPSA) is 120 Å². The van der Waals surface area contributed by atoms with Gasteiger partial charge in [0.05, 0.1) is 18.5 Å². The first-order chi connectivity index (χ1) is 9.06. The minimum atomic E-state index is -0.306. The molecule has 1 aliphatic heterocycles. The average Bonchev–Trinajstić information content (AvgIpc) is 2.37. The van der Waals surface area contributed by atoms with Crippen molar-refractivity contribution in [1.29, 1.82) is 0 Å². The van der Waals surface area contributed by atoms with E-state index in [1.54, 1.807) is 11.8 Å². The summed E-state index contributed by atoms with van der Waals surface area (Å²) < 4.78 is 5.21. The van der Waals surface area contributed by atoms with Crippen LogP contribution < -0.4 is 11.5 Å². The largest absolute Gasteiger partial charge is 0.378 e. The predicted octanol–water partition coefficient (Wildman–Crippen LogP) is -0.625. The minimum absolute atomic E-state index is 0.0332. The summed E-state index contributed by atoms with van der Waals surface area (Å²) in [7, 11) is 0. The highest BCUT2D eigenvalue weighted by atomic mass is 32.2. The molecule has 0 saturated carbocycles. The fraction of sp³-hybridized carbons (Fsp3) is 0.600. The van der Waals surface area contributed by atoms with Gasteiger partial charge in [-0.15, -0.1) is 0 Å². The third-order valence-electron chi connectivity index (χ3n) is 2.60. The molecule has 1 saturated heterocycles. The summed E-state index contributed by atoms with van der Waals surface area (Å²) in [5.74, 6) is 0.146. The van der Waals surface area contributed by atoms with Crippen LogP contribution in [0, 0.1) is 0 Å². The van der Waals surface area contributed by atoms with Crippen LogP contribution in [-0.2, 0) is 9.53 Å². The first-order valence-electron chi connectivity index (χ1n) is 5.86. The molecule has 2 heterocycles. The molecule has 0 radical (unpaired) electrons. The number of nitrogen functional groups attached to an aromatic ring is 2. The van der Waals surface area contributed by atoms with Gasteiger partial charge in [0, 0.05) is 13.1 Å². The molecule has 9 heteroatoms. The van der Waals surface area contributed by atoms with Gasteiger partial charge in [0.1, 0.15) is 0 Å². The lowest BCUT2D eigenvalue weighted by Crippen LogP contribution is -2.44. The molecular weight excluding hydrogens is 268 g/mol. The van der Waals surface area contributed by atoms with Gasteiger partial charge in [-0.3, -0.25) is 4.79 Å². The smallest absolute Gasteiger partial charge is 0.236 e. The molecule has 1 aliphatic rings. The highest BCUT2D eigenvalue weighted by Crippen LogP contribution is 2.22. The van der Waals surface area contributed by atoms with E-state index in [2.05, 4.69) is 15.0 Å². The molecule has 1 fully saturated rings. The van der Waals surface area contributed by atoms with E-state index in [1.807, 2.05) is 0 Å². The van der Waals surface area contributed by atoms with E-state index in [9.17, 15) is 4.79 Å². The molecular formula is C10H16N6O2S. The molecule has 0 aromatic carbocycles. The van der Waals surface area contributed by atoms with Gasteiger partial charge < -0.3 is 21.1 Å². The van der Waals surface area contributed by atoms with Crippen molar-refractivity contribution < 1.29 is 9.53 Å². The molecule has 1 aromatic rings. The zero-order valence-corrected chi connectivity index (χ0v) is 11.4. The number of nitrogens with zero attached hydrogens (tertiary/aromatic N) is 4. The number of morpholine rings is 1. The number of amides is 1. The van der Waals surface area contributed by atoms with Crippen molar-refractivity contribution in [1.82, 2.24) is 19.9 Å². The summed E-state index contributed by atoms with van der Waals surface area (Å²) in [4.78, 5) is 25.5. The lowest BCUT2D eigenvalue weighted by molar-refractivity contribution is -0.134. The van der Waals surface area contributed by atoms with Gasteiger partial charge >= 0.3 is 0 Å². The molecule has 8 nitrogen and oxygen atoms in total. The second-order valence-corrected chi connectivity index (χ2v) is 5.34. The highest BCUT2D eigenvalue weighted by Gasteiger charge is 2.24. The summed E-state index contributed by atoms with van der Waals surface area (Å²) in [6.07, 6.45) is 0. The number of ether oxygens (including phenoxy) is 1. The zero-order chi connectivity index (χ0) is 13.8. The van der Waals surface area contributed by atoms with Crippen LogP contribution in [0.1, 0.15) is 6.92 Å². The van der Waals surface area contributed by atoms with Crippen molar-refractivity contribution in [2.45, 2.75) is 17.3 Å². The van der Waals surface area contributed by atoms with E-state index in [4.69, 9.17) is 16.2 Å². The van der Waals surface area contributed by atoms with E-state index in [0.29, 0.717) is 31.5 Å². The highest BCUT2D eigenvalue weighted by molar-refractivity contribution is 8.00. The maximum Gasteiger partial charge on any atom is 0.236 e. The van der Waals surface area contributed by atoms with Crippen LogP contribution in [0.3, 0.4) is 0 Å². The Morgan fingerprint density at radius 3 is 2.42 bits per heavy atom. The lowest BCUT2D eigenvalue weighted by Gasteiger charge is -2.28. The van der Waals surface area contributed by atoms with E-state index < -0.39 is 0 Å². The Morgan fingerprint density at radius 1 is 1.26 bits per heavy atom. The van der Waals surface area contributed by atoms with Crippen LogP contribution in [0.2, 0.25) is 0 Å². The van der Waals surface area contributed by atoms with Crippen LogP contribution in [0.15, 0.2) is 5.16 Å². The molecule has 0 spiro atoms. The number of anilines is 2. The number of thioether (sulfide) groups is 1. The maximum atomic E-state index is 12.2. The maximum absolute atomic E-state index is 12.2. The van der Waals surface area contributed by atoms with Gasteiger partial charge in [-0.1, -0.05) is 11.8 Å². The molecule has 19 heavy (non-hydrogen) atoms. The third kappa shape index (κ3) is 3.67. The van der Waals surface area contributed by atoms with Crippen LogP contribution in [0.5, 0.6) is 0 Å². The monoisotopic (exact) mass is 284 g/mol. The summed E-state index contributed by atoms with van der Waals surface area (Å²) in [6.45, 7) is 4.19. The van der Waals surface area contributed by atoms with Crippen molar-refractivity contribution in [3.8, 4) is 0 Å². The molecule has 1 atom stereocenters. The van der Waals surface area contributed by atoms with Crippen molar-refractivity contribution in [2.24, 2.45) is 0 Å². The van der Waals surface area contributed by atoms with Crippen molar-refractivity contribution in [3.05, 3.63) is 0 Å². The Kier molecular flexibility index (Phi) is 4.38. The number of aromatic nitrogens is 3. The molecule has 0 unspecified atom stereocenters. The predicted molar refractivity (Wildman–Crippen MR) is 71.4 cm³/mol. The minimum Gasteiger partial charge on any atom is -0.378 e. The standard InChI is InChI=1S/C10H16N6O2S/c1-6(7(17)16-2-4-18-5-3-16)19-10-14-8(11)13-9(12)15-10/h6H,2-5H2,1H3,(H4,11,12,13,14,15)/t6-/m0/s1. The zero-order valence-electron chi connectivity index (χ0n) is 10.6. The number of carbonyl (C=O) groups excluding carboxylic acids is 1. The quantitative estimate of drug-likeness (QED) is 0.704. The van der Waals surface area contributed by atoms with Crippen LogP contribution >= 0.6 is 11.8 Å². The van der Waals surface area contributed by atoms with Crippen LogP contribution in [-0.4, -0.2) is 57.3 Å². The van der Waals surface area contributed by atoms with Crippen molar-refractivity contribution >= 4 is 29.6 Å². The third-order valence-corrected chi connectivity index (χ3v) is 3.55. The Morgan fingerprint density at radius 2 is 1.84 bits per heavy atom. The SMILES string of the molecule is C[C@H](Sc1nc(N)nc(N)n1)C(=O)N1CCOCC1. The molecule has 2 rings (SSSR count). The molecule has 1 aromatic heterocycles. The second kappa shape index (κ2) is 6.02. The Balaban J connectivity index is 1.99. The molecule has 1 amide bonds. The fourth-order valence-corrected chi connectivity index (χ4v) is 2.55. The summed E-state index contributed by atoms with van der Waals surface area (Å²) in [5, 5.41) is 0.0541. The lowest BCUT2D eigenvalue weighted by atomic mass is 10.3. The summed E-state index contributed by atoms with van der Waals surface area (Å²) in [6, 6.07) is 0. The van der Waals surface area contributed by atoms with Gasteiger partial charge in [0.15, 0.2) is 5.16 Å². The Labute approximate surface area is 114 Å². The second-order valence-electron chi connectivity index (χ2n) is 4.03.